The molecule has 0 aliphatic heterocycles. The van der Waals surface area contributed by atoms with E-state index >= 15 is 0 Å². The molecule has 1 aromatic heterocycles. The lowest BCUT2D eigenvalue weighted by atomic mass is 9.90. The largest absolute Gasteiger partial charge is 0.491 e. The van der Waals surface area contributed by atoms with Crippen molar-refractivity contribution in [1.29, 1.82) is 0 Å². The number of ether oxygens (including phenoxy) is 3. The highest BCUT2D eigenvalue weighted by Crippen LogP contribution is 2.31. The Balaban J connectivity index is 1.73. The van der Waals surface area contributed by atoms with Crippen molar-refractivity contribution in [1.82, 2.24) is 4.98 Å². The van der Waals surface area contributed by atoms with E-state index in [0.29, 0.717) is 19.1 Å². The third-order valence-corrected chi connectivity index (χ3v) is 4.44. The molecule has 4 nitrogen and oxygen atoms in total. The zero-order valence-corrected chi connectivity index (χ0v) is 13.8. The van der Waals surface area contributed by atoms with Crippen molar-refractivity contribution >= 4 is 10.9 Å². The minimum Gasteiger partial charge on any atom is -0.491 e. The number of hydrogen-bond donors (Lipinski definition) is 0. The second kappa shape index (κ2) is 8.16. The number of aromatic nitrogens is 1. The van der Waals surface area contributed by atoms with E-state index in [4.69, 9.17) is 14.2 Å². The van der Waals surface area contributed by atoms with Crippen LogP contribution in [0.1, 0.15) is 32.1 Å². The number of para-hydroxylation sites is 1. The van der Waals surface area contributed by atoms with Crippen LogP contribution in [0.5, 0.6) is 11.5 Å². The van der Waals surface area contributed by atoms with Crippen LogP contribution in [0.15, 0.2) is 30.5 Å². The minimum atomic E-state index is 0.531. The van der Waals surface area contributed by atoms with Gasteiger partial charge in [-0.15, -0.1) is 0 Å². The minimum absolute atomic E-state index is 0.531. The van der Waals surface area contributed by atoms with E-state index in [9.17, 15) is 0 Å². The maximum Gasteiger partial charge on any atom is 0.145 e. The average molecular weight is 315 g/mol. The maximum absolute atomic E-state index is 6.10. The van der Waals surface area contributed by atoms with Crippen LogP contribution in [-0.2, 0) is 4.74 Å². The number of nitrogens with zero attached hydrogens (tertiary/aromatic N) is 1. The average Bonchev–Trinajstić information content (AvgIpc) is 2.61. The van der Waals surface area contributed by atoms with Gasteiger partial charge in [0.05, 0.1) is 13.2 Å². The van der Waals surface area contributed by atoms with Crippen molar-refractivity contribution < 1.29 is 14.2 Å². The van der Waals surface area contributed by atoms with Gasteiger partial charge in [0.1, 0.15) is 23.6 Å². The molecular weight excluding hydrogens is 290 g/mol. The van der Waals surface area contributed by atoms with Crippen LogP contribution in [-0.4, -0.2) is 31.9 Å². The zero-order valence-electron chi connectivity index (χ0n) is 13.8. The molecule has 23 heavy (non-hydrogen) atoms. The van der Waals surface area contributed by atoms with E-state index in [-0.39, 0.29) is 0 Å². The molecule has 1 aliphatic rings. The Morgan fingerprint density at radius 2 is 1.87 bits per heavy atom. The van der Waals surface area contributed by atoms with Crippen LogP contribution >= 0.6 is 0 Å². The summed E-state index contributed by atoms with van der Waals surface area (Å²) in [5.41, 5.74) is 0.873. The summed E-state index contributed by atoms with van der Waals surface area (Å²) >= 11 is 0. The summed E-state index contributed by atoms with van der Waals surface area (Å²) in [4.78, 5) is 4.50. The van der Waals surface area contributed by atoms with E-state index in [2.05, 4.69) is 4.98 Å². The second-order valence-electron chi connectivity index (χ2n) is 6.12. The molecule has 0 spiro atoms. The van der Waals surface area contributed by atoms with Crippen molar-refractivity contribution in [2.75, 3.05) is 26.9 Å². The predicted octanol–water partition coefficient (Wildman–Crippen LogP) is 4.22. The van der Waals surface area contributed by atoms with E-state index in [1.165, 1.54) is 32.1 Å². The smallest absolute Gasteiger partial charge is 0.145 e. The highest BCUT2D eigenvalue weighted by atomic mass is 16.5. The highest BCUT2D eigenvalue weighted by Gasteiger charge is 2.15. The molecule has 1 aromatic carbocycles. The third-order valence-electron chi connectivity index (χ3n) is 4.44. The summed E-state index contributed by atoms with van der Waals surface area (Å²) in [6.45, 7) is 1.89. The molecule has 0 unspecified atom stereocenters. The first-order valence-corrected chi connectivity index (χ1v) is 8.51. The van der Waals surface area contributed by atoms with E-state index < -0.39 is 0 Å². The molecule has 2 aromatic rings. The second-order valence-corrected chi connectivity index (χ2v) is 6.12. The van der Waals surface area contributed by atoms with E-state index in [1.807, 2.05) is 24.3 Å². The van der Waals surface area contributed by atoms with Crippen LogP contribution in [0.25, 0.3) is 10.9 Å². The Morgan fingerprint density at radius 1 is 1.00 bits per heavy atom. The van der Waals surface area contributed by atoms with E-state index in [1.54, 1.807) is 13.3 Å². The first kappa shape index (κ1) is 16.1. The monoisotopic (exact) mass is 315 g/mol. The fourth-order valence-corrected chi connectivity index (χ4v) is 3.16. The quantitative estimate of drug-likeness (QED) is 0.717. The van der Waals surface area contributed by atoms with Crippen molar-refractivity contribution in [2.24, 2.45) is 5.92 Å². The summed E-state index contributed by atoms with van der Waals surface area (Å²) < 4.78 is 16.9. The Hall–Kier alpha value is -1.81. The van der Waals surface area contributed by atoms with Crippen molar-refractivity contribution in [3.05, 3.63) is 30.5 Å². The maximum atomic E-state index is 6.10. The van der Waals surface area contributed by atoms with Crippen molar-refractivity contribution in [3.8, 4) is 11.5 Å². The summed E-state index contributed by atoms with van der Waals surface area (Å²) in [5, 5.41) is 0.991. The Labute approximate surface area is 137 Å². The third kappa shape index (κ3) is 4.14. The molecule has 4 heteroatoms. The van der Waals surface area contributed by atoms with Crippen LogP contribution in [0.4, 0.5) is 0 Å². The molecule has 0 atom stereocenters. The number of methoxy groups -OCH3 is 1. The molecular formula is C19H25NO3. The van der Waals surface area contributed by atoms with Crippen molar-refractivity contribution in [2.45, 2.75) is 32.1 Å². The van der Waals surface area contributed by atoms with Gasteiger partial charge >= 0.3 is 0 Å². The highest BCUT2D eigenvalue weighted by molar-refractivity contribution is 5.89. The normalized spacial score (nSPS) is 15.7. The van der Waals surface area contributed by atoms with Gasteiger partial charge in [-0.2, -0.15) is 0 Å². The van der Waals surface area contributed by atoms with Gasteiger partial charge in [0.25, 0.3) is 0 Å². The molecule has 1 fully saturated rings. The van der Waals surface area contributed by atoms with Gasteiger partial charge in [0.15, 0.2) is 0 Å². The fourth-order valence-electron chi connectivity index (χ4n) is 3.16. The number of fused-ring (bicyclic) bond motifs is 1. The van der Waals surface area contributed by atoms with Gasteiger partial charge in [0, 0.05) is 18.7 Å². The van der Waals surface area contributed by atoms with E-state index in [0.717, 1.165) is 29.0 Å². The Bertz CT molecular complexity index is 623. The van der Waals surface area contributed by atoms with Crippen LogP contribution in [0.2, 0.25) is 0 Å². The Kier molecular flexibility index (Phi) is 5.70. The Morgan fingerprint density at radius 3 is 2.70 bits per heavy atom. The van der Waals surface area contributed by atoms with Gasteiger partial charge in [-0.25, -0.2) is 0 Å². The lowest BCUT2D eigenvalue weighted by Gasteiger charge is -2.22. The summed E-state index contributed by atoms with van der Waals surface area (Å²) in [5.74, 6) is 2.36. The summed E-state index contributed by atoms with van der Waals surface area (Å²) in [7, 11) is 1.67. The topological polar surface area (TPSA) is 40.6 Å². The standard InChI is InChI=1S/C19H25NO3/c1-21-12-13-22-17-10-11-20-19-16(17)8-5-9-18(19)23-14-15-6-3-2-4-7-15/h5,8-11,15H,2-4,6-7,12-14H2,1H3. The van der Waals surface area contributed by atoms with Crippen LogP contribution < -0.4 is 9.47 Å². The molecule has 3 rings (SSSR count). The molecule has 0 radical (unpaired) electrons. The summed E-state index contributed by atoms with van der Waals surface area (Å²) in [6.07, 6.45) is 8.37. The summed E-state index contributed by atoms with van der Waals surface area (Å²) in [6, 6.07) is 7.92. The molecule has 0 saturated heterocycles. The number of hydrogen-bond acceptors (Lipinski definition) is 4. The predicted molar refractivity (Wildman–Crippen MR) is 91.2 cm³/mol. The molecule has 0 N–H and O–H groups in total. The van der Waals surface area contributed by atoms with Gasteiger partial charge < -0.3 is 14.2 Å². The lowest BCUT2D eigenvalue weighted by Crippen LogP contribution is -2.15. The number of pyridine rings is 1. The van der Waals surface area contributed by atoms with Crippen LogP contribution in [0.3, 0.4) is 0 Å². The SMILES string of the molecule is COCCOc1ccnc2c(OCC3CCCCC3)cccc12. The first-order chi connectivity index (χ1) is 11.4. The first-order valence-electron chi connectivity index (χ1n) is 8.51. The molecule has 0 amide bonds. The number of rotatable bonds is 7. The zero-order chi connectivity index (χ0) is 15.9. The lowest BCUT2D eigenvalue weighted by molar-refractivity contribution is 0.147. The van der Waals surface area contributed by atoms with Crippen LogP contribution in [0, 0.1) is 5.92 Å². The molecule has 124 valence electrons. The fraction of sp³-hybridized carbons (Fsp3) is 0.526. The molecule has 1 saturated carbocycles. The molecule has 0 bridgehead atoms. The van der Waals surface area contributed by atoms with Gasteiger partial charge in [-0.05, 0) is 37.0 Å². The molecule has 1 heterocycles. The molecule has 1 aliphatic carbocycles. The van der Waals surface area contributed by atoms with Gasteiger partial charge in [-0.3, -0.25) is 4.98 Å². The van der Waals surface area contributed by atoms with Crippen molar-refractivity contribution in [3.63, 3.8) is 0 Å². The van der Waals surface area contributed by atoms with Gasteiger partial charge in [0.2, 0.25) is 0 Å². The van der Waals surface area contributed by atoms with Gasteiger partial charge in [-0.1, -0.05) is 25.3 Å². The number of benzene rings is 1.